The Morgan fingerprint density at radius 2 is 1.93 bits per heavy atom. The molecule has 0 amide bonds. The van der Waals surface area contributed by atoms with E-state index in [1.54, 1.807) is 13.1 Å². The fourth-order valence-electron chi connectivity index (χ4n) is 4.21. The molecule has 29 heavy (non-hydrogen) atoms. The molecule has 1 aliphatic rings. The van der Waals surface area contributed by atoms with Gasteiger partial charge in [-0.15, -0.1) is 0 Å². The number of aliphatic hydroxyl groups excluding tert-OH is 1. The highest BCUT2D eigenvalue weighted by Gasteiger charge is 2.34. The van der Waals surface area contributed by atoms with Crippen molar-refractivity contribution in [3.63, 3.8) is 0 Å². The first-order valence-corrected chi connectivity index (χ1v) is 9.95. The first kappa shape index (κ1) is 19.3. The normalized spacial score (nSPS) is 18.2. The third-order valence-electron chi connectivity index (χ3n) is 5.45. The largest absolute Gasteiger partial charge is 0.462 e. The van der Waals surface area contributed by atoms with E-state index < -0.39 is 12.1 Å². The summed E-state index contributed by atoms with van der Waals surface area (Å²) in [6.07, 6.45) is 2.24. The van der Waals surface area contributed by atoms with Crippen LogP contribution in [0.1, 0.15) is 58.2 Å². The zero-order chi connectivity index (χ0) is 20.4. The third kappa shape index (κ3) is 3.66. The van der Waals surface area contributed by atoms with Gasteiger partial charge in [-0.05, 0) is 50.3 Å². The second-order valence-electron chi connectivity index (χ2n) is 7.31. The minimum atomic E-state index is -0.734. The van der Waals surface area contributed by atoms with E-state index in [9.17, 15) is 9.90 Å². The van der Waals surface area contributed by atoms with E-state index >= 15 is 0 Å². The highest BCUT2D eigenvalue weighted by molar-refractivity contribution is 5.99. The van der Waals surface area contributed by atoms with Crippen LogP contribution in [0.25, 0.3) is 11.3 Å². The molecule has 0 fully saturated rings. The number of pyridine rings is 2. The van der Waals surface area contributed by atoms with Crippen molar-refractivity contribution in [2.24, 2.45) is 0 Å². The Hall–Kier alpha value is -3.05. The maximum atomic E-state index is 12.8. The van der Waals surface area contributed by atoms with Gasteiger partial charge in [-0.1, -0.05) is 36.4 Å². The zero-order valence-electron chi connectivity index (χ0n) is 16.6. The van der Waals surface area contributed by atoms with Crippen LogP contribution in [0.4, 0.5) is 0 Å². The molecule has 0 bridgehead atoms. The van der Waals surface area contributed by atoms with Crippen molar-refractivity contribution in [3.8, 4) is 11.3 Å². The van der Waals surface area contributed by atoms with Crippen LogP contribution in [0.3, 0.4) is 0 Å². The van der Waals surface area contributed by atoms with Crippen molar-refractivity contribution in [1.82, 2.24) is 9.97 Å². The standard InChI is InChI=1S/C24H24N2O3/c1-3-29-24(28)21-15(2)26-19-13-17(16-9-5-4-6-10-16)14-20(27)22(19)23(21)18-11-7-8-12-25-18/h4-12,17,20,27H,3,13-14H2,1-2H3. The minimum Gasteiger partial charge on any atom is -0.462 e. The molecule has 1 aliphatic carbocycles. The average Bonchev–Trinajstić information content (AvgIpc) is 2.74. The summed E-state index contributed by atoms with van der Waals surface area (Å²) in [5.41, 5.74) is 4.99. The molecule has 1 N–H and O–H groups in total. The summed E-state index contributed by atoms with van der Waals surface area (Å²) in [6, 6.07) is 15.7. The van der Waals surface area contributed by atoms with Crippen molar-refractivity contribution in [2.75, 3.05) is 6.61 Å². The van der Waals surface area contributed by atoms with Crippen LogP contribution in [0.15, 0.2) is 54.7 Å². The number of hydrogen-bond donors (Lipinski definition) is 1. The Balaban J connectivity index is 1.89. The van der Waals surface area contributed by atoms with Crippen molar-refractivity contribution in [3.05, 3.63) is 82.8 Å². The number of esters is 1. The number of aliphatic hydroxyl groups is 1. The molecule has 5 nitrogen and oxygen atoms in total. The van der Waals surface area contributed by atoms with Gasteiger partial charge in [-0.25, -0.2) is 4.79 Å². The molecule has 2 aromatic heterocycles. The lowest BCUT2D eigenvalue weighted by molar-refractivity contribution is 0.0525. The van der Waals surface area contributed by atoms with Crippen LogP contribution in [0.2, 0.25) is 0 Å². The summed E-state index contributed by atoms with van der Waals surface area (Å²) < 4.78 is 5.30. The van der Waals surface area contributed by atoms with Gasteiger partial charge in [0.25, 0.3) is 0 Å². The molecular weight excluding hydrogens is 364 g/mol. The molecule has 1 aromatic carbocycles. The summed E-state index contributed by atoms with van der Waals surface area (Å²) in [4.78, 5) is 22.0. The number of aryl methyl sites for hydroxylation is 1. The summed E-state index contributed by atoms with van der Waals surface area (Å²) in [5.74, 6) is -0.256. The Morgan fingerprint density at radius 3 is 2.62 bits per heavy atom. The number of benzene rings is 1. The molecular formula is C24H24N2O3. The van der Waals surface area contributed by atoms with Crippen LogP contribution in [-0.4, -0.2) is 27.7 Å². The Morgan fingerprint density at radius 1 is 1.17 bits per heavy atom. The monoisotopic (exact) mass is 388 g/mol. The SMILES string of the molecule is CCOC(=O)c1c(C)nc2c(c1-c1ccccn1)C(O)CC(c1ccccc1)C2. The zero-order valence-corrected chi connectivity index (χ0v) is 16.6. The number of carbonyl (C=O) groups excluding carboxylic acids is 1. The molecule has 0 radical (unpaired) electrons. The summed E-state index contributed by atoms with van der Waals surface area (Å²) >= 11 is 0. The fraction of sp³-hybridized carbons (Fsp3) is 0.292. The lowest BCUT2D eigenvalue weighted by Crippen LogP contribution is -2.23. The molecule has 0 saturated heterocycles. The minimum absolute atomic E-state index is 0.177. The van der Waals surface area contributed by atoms with Gasteiger partial charge in [0.15, 0.2) is 0 Å². The van der Waals surface area contributed by atoms with Gasteiger partial charge >= 0.3 is 5.97 Å². The van der Waals surface area contributed by atoms with Gasteiger partial charge in [0.1, 0.15) is 0 Å². The van der Waals surface area contributed by atoms with Crippen LogP contribution in [-0.2, 0) is 11.2 Å². The highest BCUT2D eigenvalue weighted by Crippen LogP contribution is 2.43. The molecule has 4 rings (SSSR count). The molecule has 0 saturated carbocycles. The van der Waals surface area contributed by atoms with Crippen LogP contribution in [0.5, 0.6) is 0 Å². The van der Waals surface area contributed by atoms with E-state index in [-0.39, 0.29) is 12.5 Å². The number of ether oxygens (including phenoxy) is 1. The summed E-state index contributed by atoms with van der Waals surface area (Å²) in [7, 11) is 0. The Bertz CT molecular complexity index is 1020. The maximum Gasteiger partial charge on any atom is 0.340 e. The van der Waals surface area contributed by atoms with Crippen LogP contribution < -0.4 is 0 Å². The average molecular weight is 388 g/mol. The topological polar surface area (TPSA) is 72.3 Å². The number of nitrogens with zero attached hydrogens (tertiary/aromatic N) is 2. The van der Waals surface area contributed by atoms with Gasteiger partial charge < -0.3 is 9.84 Å². The fourth-order valence-corrected chi connectivity index (χ4v) is 4.21. The molecule has 0 aliphatic heterocycles. The number of aromatic nitrogens is 2. The van der Waals surface area contributed by atoms with E-state index in [0.717, 1.165) is 5.69 Å². The van der Waals surface area contributed by atoms with E-state index in [0.29, 0.717) is 40.9 Å². The van der Waals surface area contributed by atoms with Crippen molar-refractivity contribution in [1.29, 1.82) is 0 Å². The first-order valence-electron chi connectivity index (χ1n) is 9.95. The molecule has 5 heteroatoms. The predicted octanol–water partition coefficient (Wildman–Crippen LogP) is 4.39. The number of rotatable bonds is 4. The lowest BCUT2D eigenvalue weighted by atomic mass is 9.77. The van der Waals surface area contributed by atoms with Crippen LogP contribution in [0, 0.1) is 6.92 Å². The number of carbonyl (C=O) groups is 1. The van der Waals surface area contributed by atoms with Gasteiger partial charge in [0, 0.05) is 23.0 Å². The van der Waals surface area contributed by atoms with E-state index in [2.05, 4.69) is 17.1 Å². The first-order chi connectivity index (χ1) is 14.1. The van der Waals surface area contributed by atoms with Gasteiger partial charge in [0.05, 0.1) is 29.7 Å². The molecule has 0 spiro atoms. The van der Waals surface area contributed by atoms with Gasteiger partial charge in [-0.3, -0.25) is 9.97 Å². The highest BCUT2D eigenvalue weighted by atomic mass is 16.5. The van der Waals surface area contributed by atoms with Crippen LogP contribution >= 0.6 is 0 Å². The van der Waals surface area contributed by atoms with Crippen molar-refractivity contribution >= 4 is 5.97 Å². The van der Waals surface area contributed by atoms with E-state index in [1.807, 2.05) is 43.3 Å². The van der Waals surface area contributed by atoms with Gasteiger partial charge in [-0.2, -0.15) is 0 Å². The number of hydrogen-bond acceptors (Lipinski definition) is 5. The molecule has 148 valence electrons. The van der Waals surface area contributed by atoms with E-state index in [1.165, 1.54) is 5.56 Å². The molecule has 3 aromatic rings. The maximum absolute atomic E-state index is 12.8. The number of fused-ring (bicyclic) bond motifs is 1. The lowest BCUT2D eigenvalue weighted by Gasteiger charge is -2.31. The van der Waals surface area contributed by atoms with Crippen molar-refractivity contribution < 1.29 is 14.6 Å². The van der Waals surface area contributed by atoms with Gasteiger partial charge in [0.2, 0.25) is 0 Å². The summed E-state index contributed by atoms with van der Waals surface area (Å²) in [6.45, 7) is 3.87. The summed E-state index contributed by atoms with van der Waals surface area (Å²) in [5, 5.41) is 11.1. The molecule has 2 unspecified atom stereocenters. The third-order valence-corrected chi connectivity index (χ3v) is 5.45. The van der Waals surface area contributed by atoms with E-state index in [4.69, 9.17) is 9.72 Å². The van der Waals surface area contributed by atoms with Crippen molar-refractivity contribution in [2.45, 2.75) is 38.7 Å². The molecule has 2 heterocycles. The Labute approximate surface area is 170 Å². The second kappa shape index (κ2) is 8.13. The predicted molar refractivity (Wildman–Crippen MR) is 111 cm³/mol. The quantitative estimate of drug-likeness (QED) is 0.671. The smallest absolute Gasteiger partial charge is 0.340 e. The second-order valence-corrected chi connectivity index (χ2v) is 7.31. The molecule has 2 atom stereocenters. The Kier molecular flexibility index (Phi) is 5.41.